The van der Waals surface area contributed by atoms with Crippen molar-refractivity contribution in [3.8, 4) is 11.5 Å². The highest BCUT2D eigenvalue weighted by Gasteiger charge is 2.18. The fraction of sp³-hybridized carbons (Fsp3) is 0.345. The molecule has 192 valence electrons. The molecule has 0 heterocycles. The van der Waals surface area contributed by atoms with Crippen LogP contribution in [0.15, 0.2) is 78.9 Å². The molecule has 0 saturated carbocycles. The summed E-state index contributed by atoms with van der Waals surface area (Å²) in [7, 11) is -3.53. The number of nitrogens with one attached hydrogen (secondary N) is 1. The third-order valence-corrected chi connectivity index (χ3v) is 7.28. The Bertz CT molecular complexity index is 1190. The van der Waals surface area contributed by atoms with Crippen molar-refractivity contribution >= 4 is 21.6 Å². The van der Waals surface area contributed by atoms with Crippen molar-refractivity contribution in [1.29, 1.82) is 0 Å². The summed E-state index contributed by atoms with van der Waals surface area (Å²) in [5, 5.41) is 3.03. The molecule has 0 saturated heterocycles. The molecule has 6 nitrogen and oxygen atoms in total. The molecule has 0 bridgehead atoms. The Kier molecular flexibility index (Phi) is 9.94. The molecule has 3 rings (SSSR count). The molecule has 3 aromatic rings. The van der Waals surface area contributed by atoms with Crippen molar-refractivity contribution in [2.24, 2.45) is 5.92 Å². The molecule has 0 aliphatic rings. The van der Waals surface area contributed by atoms with Crippen molar-refractivity contribution in [3.63, 3.8) is 0 Å². The van der Waals surface area contributed by atoms with Crippen molar-refractivity contribution < 1.29 is 17.9 Å². The Balaban J connectivity index is 1.65. The minimum Gasteiger partial charge on any atom is -0.457 e. The zero-order valence-corrected chi connectivity index (χ0v) is 22.1. The smallest absolute Gasteiger partial charge is 0.251 e. The van der Waals surface area contributed by atoms with Crippen LogP contribution in [0.2, 0.25) is 0 Å². The molecule has 0 aliphatic carbocycles. The number of ether oxygens (including phenoxy) is 1. The maximum absolute atomic E-state index is 12.6. The van der Waals surface area contributed by atoms with Gasteiger partial charge in [0.1, 0.15) is 11.5 Å². The number of para-hydroxylation sites is 1. The number of hydrogen-bond acceptors (Lipinski definition) is 4. The fourth-order valence-electron chi connectivity index (χ4n) is 3.91. The minimum absolute atomic E-state index is 0.106. The lowest BCUT2D eigenvalue weighted by atomic mass is 9.99. The molecular formula is C29H36N2O4S. The molecule has 1 atom stereocenters. The van der Waals surface area contributed by atoms with Gasteiger partial charge in [-0.05, 0) is 66.4 Å². The van der Waals surface area contributed by atoms with Gasteiger partial charge in [0.05, 0.1) is 18.5 Å². The van der Waals surface area contributed by atoms with Crippen LogP contribution in [0.4, 0.5) is 5.69 Å². The fourth-order valence-corrected chi connectivity index (χ4v) is 4.80. The van der Waals surface area contributed by atoms with Gasteiger partial charge in [-0.1, -0.05) is 63.4 Å². The topological polar surface area (TPSA) is 75.7 Å². The molecule has 0 fully saturated rings. The number of carbonyl (C=O) groups is 1. The van der Waals surface area contributed by atoms with Crippen molar-refractivity contribution in [3.05, 3.63) is 90.0 Å². The van der Waals surface area contributed by atoms with E-state index in [9.17, 15) is 13.2 Å². The molecule has 1 amide bonds. The standard InChI is InChI=1S/C29H36N2O4S/c1-4-6-10-23(5-2)21-30-29(32)25-15-13-24(14-16-25)22-31(36(3,33)34)26-17-19-28(20-18-26)35-27-11-8-7-9-12-27/h7-9,11-20,23H,4-6,10,21-22H2,1-3H3,(H,30,32)/t23-/m1/s1. The summed E-state index contributed by atoms with van der Waals surface area (Å²) in [4.78, 5) is 12.6. The predicted octanol–water partition coefficient (Wildman–Crippen LogP) is 6.39. The SMILES string of the molecule is CCCC[C@@H](CC)CNC(=O)c1ccc(CN(c2ccc(Oc3ccccc3)cc2)S(C)(=O)=O)cc1. The third kappa shape index (κ3) is 8.12. The van der Waals surface area contributed by atoms with Gasteiger partial charge in [-0.15, -0.1) is 0 Å². The highest BCUT2D eigenvalue weighted by molar-refractivity contribution is 7.92. The molecule has 1 N–H and O–H groups in total. The second-order valence-electron chi connectivity index (χ2n) is 9.00. The minimum atomic E-state index is -3.53. The molecule has 0 aromatic heterocycles. The zero-order valence-electron chi connectivity index (χ0n) is 21.3. The normalized spacial score (nSPS) is 12.1. The van der Waals surface area contributed by atoms with Crippen LogP contribution in [0.3, 0.4) is 0 Å². The summed E-state index contributed by atoms with van der Waals surface area (Å²) in [6, 6.07) is 23.4. The van der Waals surface area contributed by atoms with Gasteiger partial charge >= 0.3 is 0 Å². The number of benzene rings is 3. The summed E-state index contributed by atoms with van der Waals surface area (Å²) in [5.41, 5.74) is 1.89. The number of carbonyl (C=O) groups excluding carboxylic acids is 1. The Hall–Kier alpha value is -3.32. The number of rotatable bonds is 13. The lowest BCUT2D eigenvalue weighted by Gasteiger charge is -2.23. The Labute approximate surface area is 215 Å². The van der Waals surface area contributed by atoms with Crippen LogP contribution in [0.25, 0.3) is 0 Å². The number of anilines is 1. The molecule has 0 aliphatic heterocycles. The van der Waals surface area contributed by atoms with Crippen molar-refractivity contribution in [2.45, 2.75) is 46.1 Å². The Morgan fingerprint density at radius 3 is 2.14 bits per heavy atom. The van der Waals surface area contributed by atoms with Gasteiger partial charge in [-0.2, -0.15) is 0 Å². The highest BCUT2D eigenvalue weighted by atomic mass is 32.2. The quantitative estimate of drug-likeness (QED) is 0.290. The van der Waals surface area contributed by atoms with Crippen LogP contribution in [0.5, 0.6) is 11.5 Å². The largest absolute Gasteiger partial charge is 0.457 e. The summed E-state index contributed by atoms with van der Waals surface area (Å²) in [6.07, 6.45) is 5.67. The van der Waals surface area contributed by atoms with E-state index in [2.05, 4.69) is 19.2 Å². The molecule has 0 spiro atoms. The highest BCUT2D eigenvalue weighted by Crippen LogP contribution is 2.26. The first-order chi connectivity index (χ1) is 17.3. The monoisotopic (exact) mass is 508 g/mol. The number of hydrogen-bond donors (Lipinski definition) is 1. The van der Waals surface area contributed by atoms with E-state index in [4.69, 9.17) is 4.74 Å². The molecular weight excluding hydrogens is 472 g/mol. The van der Waals surface area contributed by atoms with E-state index in [1.165, 1.54) is 17.0 Å². The molecule has 0 radical (unpaired) electrons. The number of sulfonamides is 1. The van der Waals surface area contributed by atoms with Gasteiger partial charge in [-0.3, -0.25) is 9.10 Å². The second-order valence-corrected chi connectivity index (χ2v) is 10.9. The number of unbranched alkanes of at least 4 members (excludes halogenated alkanes) is 1. The summed E-state index contributed by atoms with van der Waals surface area (Å²) >= 11 is 0. The Morgan fingerprint density at radius 2 is 1.56 bits per heavy atom. The second kappa shape index (κ2) is 13.1. The molecule has 0 unspecified atom stereocenters. The van der Waals surface area contributed by atoms with Gasteiger partial charge in [0, 0.05) is 12.1 Å². The van der Waals surface area contributed by atoms with Crippen molar-refractivity contribution in [1.82, 2.24) is 5.32 Å². The van der Waals surface area contributed by atoms with E-state index >= 15 is 0 Å². The van der Waals surface area contributed by atoms with Gasteiger partial charge in [0.2, 0.25) is 10.0 Å². The maximum atomic E-state index is 12.6. The first kappa shape index (κ1) is 27.3. The van der Waals surface area contributed by atoms with Gasteiger partial charge in [0.15, 0.2) is 0 Å². The van der Waals surface area contributed by atoms with E-state index in [1.807, 2.05) is 30.3 Å². The van der Waals surface area contributed by atoms with E-state index in [1.54, 1.807) is 48.5 Å². The lowest BCUT2D eigenvalue weighted by Crippen LogP contribution is -2.30. The summed E-state index contributed by atoms with van der Waals surface area (Å²) in [5.74, 6) is 1.71. The van der Waals surface area contributed by atoms with E-state index in [-0.39, 0.29) is 12.5 Å². The lowest BCUT2D eigenvalue weighted by molar-refractivity contribution is 0.0946. The van der Waals surface area contributed by atoms with Crippen molar-refractivity contribution in [2.75, 3.05) is 17.1 Å². The maximum Gasteiger partial charge on any atom is 0.251 e. The first-order valence-electron chi connectivity index (χ1n) is 12.5. The van der Waals surface area contributed by atoms with Crippen LogP contribution in [-0.2, 0) is 16.6 Å². The number of amides is 1. The van der Waals surface area contributed by atoms with Gasteiger partial charge < -0.3 is 10.1 Å². The van der Waals surface area contributed by atoms with E-state index in [0.717, 1.165) is 24.8 Å². The van der Waals surface area contributed by atoms with Crippen LogP contribution < -0.4 is 14.4 Å². The first-order valence-corrected chi connectivity index (χ1v) is 14.3. The molecule has 3 aromatic carbocycles. The molecule has 36 heavy (non-hydrogen) atoms. The summed E-state index contributed by atoms with van der Waals surface area (Å²) in [6.45, 7) is 5.16. The van der Waals surface area contributed by atoms with Crippen LogP contribution in [0.1, 0.15) is 55.5 Å². The third-order valence-electron chi connectivity index (χ3n) is 6.14. The van der Waals surface area contributed by atoms with Crippen LogP contribution >= 0.6 is 0 Å². The summed E-state index contributed by atoms with van der Waals surface area (Å²) < 4.78 is 32.3. The van der Waals surface area contributed by atoms with Gasteiger partial charge in [-0.25, -0.2) is 8.42 Å². The number of nitrogens with zero attached hydrogens (tertiary/aromatic N) is 1. The van der Waals surface area contributed by atoms with Gasteiger partial charge in [0.25, 0.3) is 5.91 Å². The average Bonchev–Trinajstić information content (AvgIpc) is 2.88. The Morgan fingerprint density at radius 1 is 0.917 bits per heavy atom. The van der Waals surface area contributed by atoms with E-state index in [0.29, 0.717) is 35.2 Å². The molecule has 7 heteroatoms. The predicted molar refractivity (Wildman–Crippen MR) is 146 cm³/mol. The zero-order chi connectivity index (χ0) is 26.0. The average molecular weight is 509 g/mol. The van der Waals surface area contributed by atoms with E-state index < -0.39 is 10.0 Å². The van der Waals surface area contributed by atoms with Crippen LogP contribution in [-0.4, -0.2) is 27.1 Å². The van der Waals surface area contributed by atoms with Crippen LogP contribution in [0, 0.1) is 5.92 Å².